The molecular formula is C14H25NO4S. The smallest absolute Gasteiger partial charge is 0.323 e. The number of aldehydes is 1. The van der Waals surface area contributed by atoms with Crippen LogP contribution in [-0.2, 0) is 9.53 Å². The lowest BCUT2D eigenvalue weighted by atomic mass is 10.3. The largest absolute Gasteiger partial charge is 0.480 e. The molecule has 5 nitrogen and oxygen atoms in total. The number of carboxylic acid groups (broad SMARTS) is 1. The number of likely N-dealkylation sites (N-methyl/N-ethyl adjacent to an activating group) is 1. The number of aliphatic carboxylic acids is 1. The first-order valence-electron chi connectivity index (χ1n) is 6.54. The van der Waals surface area contributed by atoms with E-state index in [0.717, 1.165) is 11.2 Å². The summed E-state index contributed by atoms with van der Waals surface area (Å²) in [5, 5.41) is 11.1. The van der Waals surface area contributed by atoms with E-state index in [4.69, 9.17) is 9.84 Å². The van der Waals surface area contributed by atoms with Gasteiger partial charge in [0, 0.05) is 11.5 Å². The maximum Gasteiger partial charge on any atom is 0.323 e. The minimum Gasteiger partial charge on any atom is -0.480 e. The lowest BCUT2D eigenvalue weighted by Crippen LogP contribution is -2.38. The number of ether oxygens (including phenoxy) is 1. The van der Waals surface area contributed by atoms with Gasteiger partial charge in [0.25, 0.3) is 0 Å². The second kappa shape index (κ2) is 14.2. The van der Waals surface area contributed by atoms with E-state index < -0.39 is 12.0 Å². The summed E-state index contributed by atoms with van der Waals surface area (Å²) in [5.41, 5.74) is 0. The molecule has 1 rings (SSSR count). The van der Waals surface area contributed by atoms with Crippen molar-refractivity contribution >= 4 is 23.6 Å². The first-order chi connectivity index (χ1) is 9.54. The minimum absolute atomic E-state index is 0.225. The molecule has 0 fully saturated rings. The standard InChI is InChI=1S/C6H13NO3.C6H6OS.C2H6/c1-3-10-4-5(7-2)6(8)9;1-5-2-3-6(4-7)8-5;1-2/h5,7H,3-4H2,1-2H3,(H,8,9);2-4H,1H3;1-2H3. The summed E-state index contributed by atoms with van der Waals surface area (Å²) in [6.45, 7) is 8.58. The Morgan fingerprint density at radius 1 is 1.50 bits per heavy atom. The molecule has 0 spiro atoms. The molecular weight excluding hydrogens is 278 g/mol. The Morgan fingerprint density at radius 2 is 2.10 bits per heavy atom. The lowest BCUT2D eigenvalue weighted by Gasteiger charge is -2.09. The Bertz CT molecular complexity index is 366. The van der Waals surface area contributed by atoms with Crippen LogP contribution in [0.3, 0.4) is 0 Å². The van der Waals surface area contributed by atoms with Gasteiger partial charge in [0.1, 0.15) is 6.04 Å². The Morgan fingerprint density at radius 3 is 2.35 bits per heavy atom. The maximum atomic E-state index is 10.3. The lowest BCUT2D eigenvalue weighted by molar-refractivity contribution is -0.140. The van der Waals surface area contributed by atoms with Crippen molar-refractivity contribution in [1.82, 2.24) is 5.32 Å². The fraction of sp³-hybridized carbons (Fsp3) is 0.571. The van der Waals surface area contributed by atoms with Gasteiger partial charge in [-0.05, 0) is 33.0 Å². The van der Waals surface area contributed by atoms with Crippen LogP contribution < -0.4 is 5.32 Å². The van der Waals surface area contributed by atoms with E-state index >= 15 is 0 Å². The third kappa shape index (κ3) is 10.7. The summed E-state index contributed by atoms with van der Waals surface area (Å²) in [5.74, 6) is -0.879. The van der Waals surface area contributed by atoms with E-state index in [1.54, 1.807) is 7.05 Å². The topological polar surface area (TPSA) is 75.6 Å². The Balaban J connectivity index is 0. The van der Waals surface area contributed by atoms with Crippen molar-refractivity contribution in [2.45, 2.75) is 33.7 Å². The summed E-state index contributed by atoms with van der Waals surface area (Å²) in [6, 6.07) is 3.18. The number of hydrogen-bond donors (Lipinski definition) is 2. The molecule has 2 N–H and O–H groups in total. The number of carboxylic acids is 1. The van der Waals surface area contributed by atoms with Gasteiger partial charge in [-0.1, -0.05) is 13.8 Å². The van der Waals surface area contributed by atoms with Gasteiger partial charge in [-0.3, -0.25) is 9.59 Å². The molecule has 0 aliphatic carbocycles. The van der Waals surface area contributed by atoms with Crippen LogP contribution in [0.2, 0.25) is 0 Å². The second-order valence-corrected chi connectivity index (χ2v) is 4.72. The molecule has 1 unspecified atom stereocenters. The molecule has 0 aromatic carbocycles. The fourth-order valence-corrected chi connectivity index (χ4v) is 1.72. The molecule has 0 bridgehead atoms. The van der Waals surface area contributed by atoms with Gasteiger partial charge in [-0.25, -0.2) is 0 Å². The van der Waals surface area contributed by atoms with Gasteiger partial charge in [0.05, 0.1) is 11.5 Å². The van der Waals surface area contributed by atoms with Crippen molar-refractivity contribution in [3.05, 3.63) is 21.9 Å². The van der Waals surface area contributed by atoms with Gasteiger partial charge in [-0.2, -0.15) is 0 Å². The molecule has 1 heterocycles. The molecule has 1 atom stereocenters. The first-order valence-corrected chi connectivity index (χ1v) is 7.36. The monoisotopic (exact) mass is 303 g/mol. The summed E-state index contributed by atoms with van der Waals surface area (Å²) in [6.07, 6.45) is 0.873. The van der Waals surface area contributed by atoms with E-state index in [9.17, 15) is 9.59 Å². The zero-order valence-corrected chi connectivity index (χ0v) is 13.6. The maximum absolute atomic E-state index is 10.3. The number of thiophene rings is 1. The Hall–Kier alpha value is -1.24. The molecule has 0 saturated heterocycles. The Kier molecular flexibility index (Phi) is 14.9. The van der Waals surface area contributed by atoms with Crippen LogP contribution >= 0.6 is 11.3 Å². The van der Waals surface area contributed by atoms with Crippen LogP contribution in [-0.4, -0.2) is 43.7 Å². The average molecular weight is 303 g/mol. The zero-order valence-electron chi connectivity index (χ0n) is 12.8. The number of carbonyl (C=O) groups excluding carboxylic acids is 1. The van der Waals surface area contributed by atoms with E-state index in [2.05, 4.69) is 5.32 Å². The molecule has 116 valence electrons. The molecule has 0 aliphatic heterocycles. The molecule has 1 aromatic heterocycles. The number of aryl methyl sites for hydroxylation is 1. The van der Waals surface area contributed by atoms with Crippen LogP contribution in [0, 0.1) is 6.92 Å². The van der Waals surface area contributed by atoms with E-state index in [1.165, 1.54) is 16.2 Å². The second-order valence-electron chi connectivity index (χ2n) is 3.41. The molecule has 1 aromatic rings. The number of carbonyl (C=O) groups is 2. The average Bonchev–Trinajstić information content (AvgIpc) is 2.88. The molecule has 20 heavy (non-hydrogen) atoms. The Labute approximate surface area is 125 Å². The van der Waals surface area contributed by atoms with Crippen LogP contribution in [0.1, 0.15) is 35.3 Å². The quantitative estimate of drug-likeness (QED) is 0.790. The van der Waals surface area contributed by atoms with Crippen molar-refractivity contribution in [1.29, 1.82) is 0 Å². The van der Waals surface area contributed by atoms with E-state index in [-0.39, 0.29) is 6.61 Å². The van der Waals surface area contributed by atoms with E-state index in [1.807, 2.05) is 39.8 Å². The fourth-order valence-electron chi connectivity index (χ4n) is 1.03. The van der Waals surface area contributed by atoms with Crippen molar-refractivity contribution < 1.29 is 19.4 Å². The van der Waals surface area contributed by atoms with Crippen molar-refractivity contribution in [3.8, 4) is 0 Å². The van der Waals surface area contributed by atoms with E-state index in [0.29, 0.717) is 6.61 Å². The SMILES string of the molecule is CC.CCOCC(NC)C(=O)O.Cc1ccc(C=O)s1. The molecule has 0 radical (unpaired) electrons. The van der Waals surface area contributed by atoms with Crippen LogP contribution in [0.4, 0.5) is 0 Å². The first kappa shape index (κ1) is 21.1. The summed E-state index contributed by atoms with van der Waals surface area (Å²) < 4.78 is 4.90. The third-order valence-corrected chi connectivity index (χ3v) is 2.94. The summed E-state index contributed by atoms with van der Waals surface area (Å²) in [4.78, 5) is 22.3. The van der Waals surface area contributed by atoms with Gasteiger partial charge in [0.15, 0.2) is 6.29 Å². The predicted molar refractivity (Wildman–Crippen MR) is 82.8 cm³/mol. The highest BCUT2D eigenvalue weighted by Crippen LogP contribution is 2.11. The number of hydrogen-bond acceptors (Lipinski definition) is 5. The van der Waals surface area contributed by atoms with Crippen molar-refractivity contribution in [2.75, 3.05) is 20.3 Å². The summed E-state index contributed by atoms with van der Waals surface area (Å²) in [7, 11) is 1.60. The van der Waals surface area contributed by atoms with Crippen LogP contribution in [0.15, 0.2) is 12.1 Å². The predicted octanol–water partition coefficient (Wildman–Crippen LogP) is 2.59. The molecule has 0 amide bonds. The van der Waals surface area contributed by atoms with Gasteiger partial charge in [0.2, 0.25) is 0 Å². The number of nitrogens with one attached hydrogen (secondary N) is 1. The minimum atomic E-state index is -0.879. The van der Waals surface area contributed by atoms with Gasteiger partial charge < -0.3 is 15.2 Å². The molecule has 0 saturated carbocycles. The zero-order chi connectivity index (χ0) is 16.0. The van der Waals surface area contributed by atoms with Crippen LogP contribution in [0.5, 0.6) is 0 Å². The molecule has 6 heteroatoms. The highest BCUT2D eigenvalue weighted by molar-refractivity contribution is 7.13. The summed E-state index contributed by atoms with van der Waals surface area (Å²) >= 11 is 1.52. The normalized spacial score (nSPS) is 10.4. The highest BCUT2D eigenvalue weighted by atomic mass is 32.1. The molecule has 0 aliphatic rings. The van der Waals surface area contributed by atoms with Gasteiger partial charge in [-0.15, -0.1) is 11.3 Å². The van der Waals surface area contributed by atoms with Crippen LogP contribution in [0.25, 0.3) is 0 Å². The third-order valence-electron chi connectivity index (χ3n) is 2.01. The number of rotatable bonds is 6. The van der Waals surface area contributed by atoms with Crippen molar-refractivity contribution in [2.24, 2.45) is 0 Å². The van der Waals surface area contributed by atoms with Gasteiger partial charge >= 0.3 is 5.97 Å². The highest BCUT2D eigenvalue weighted by Gasteiger charge is 2.13. The van der Waals surface area contributed by atoms with Crippen molar-refractivity contribution in [3.63, 3.8) is 0 Å².